The number of hydrogen-bond acceptors (Lipinski definition) is 6. The van der Waals surface area contributed by atoms with Crippen molar-refractivity contribution < 1.29 is 4.79 Å². The van der Waals surface area contributed by atoms with Crippen molar-refractivity contribution in [1.29, 1.82) is 0 Å². The number of pyridine rings is 1. The first-order chi connectivity index (χ1) is 12.7. The second-order valence-corrected chi connectivity index (χ2v) is 5.74. The Morgan fingerprint density at radius 1 is 0.962 bits per heavy atom. The molecule has 0 saturated carbocycles. The second-order valence-electron chi connectivity index (χ2n) is 5.33. The number of carbonyl (C=O) groups is 1. The van der Waals surface area contributed by atoms with Gasteiger partial charge in [0.25, 0.3) is 5.91 Å². The van der Waals surface area contributed by atoms with Crippen LogP contribution in [0.4, 0.5) is 17.3 Å². The second kappa shape index (κ2) is 8.77. The van der Waals surface area contributed by atoms with Crippen LogP contribution in [0.15, 0.2) is 60.9 Å². The molecule has 0 atom stereocenters. The molecule has 0 bridgehead atoms. The highest BCUT2D eigenvalue weighted by Crippen LogP contribution is 2.14. The molecule has 0 aliphatic heterocycles. The van der Waals surface area contributed by atoms with Crippen LogP contribution < -0.4 is 16.0 Å². The van der Waals surface area contributed by atoms with Gasteiger partial charge in [-0.05, 0) is 36.4 Å². The minimum atomic E-state index is -0.209. The topological polar surface area (TPSA) is 91.8 Å². The predicted molar refractivity (Wildman–Crippen MR) is 102 cm³/mol. The SMILES string of the molecule is O=C(NCCNc1ccc(Nc2cccnc2)nn1)c1ccccc1Cl. The maximum atomic E-state index is 12.0. The van der Waals surface area contributed by atoms with Gasteiger partial charge in [-0.3, -0.25) is 9.78 Å². The molecule has 0 fully saturated rings. The van der Waals surface area contributed by atoms with E-state index in [-0.39, 0.29) is 5.91 Å². The van der Waals surface area contributed by atoms with E-state index in [0.717, 1.165) is 5.69 Å². The van der Waals surface area contributed by atoms with Crippen LogP contribution in [0.2, 0.25) is 5.02 Å². The van der Waals surface area contributed by atoms with Crippen molar-refractivity contribution >= 4 is 34.8 Å². The largest absolute Gasteiger partial charge is 0.367 e. The van der Waals surface area contributed by atoms with Crippen molar-refractivity contribution in [2.45, 2.75) is 0 Å². The van der Waals surface area contributed by atoms with Gasteiger partial charge in [0.1, 0.15) is 5.82 Å². The summed E-state index contributed by atoms with van der Waals surface area (Å²) in [6.45, 7) is 0.946. The molecule has 7 nitrogen and oxygen atoms in total. The molecule has 0 unspecified atom stereocenters. The van der Waals surface area contributed by atoms with E-state index in [1.54, 1.807) is 36.7 Å². The zero-order valence-electron chi connectivity index (χ0n) is 13.8. The first-order valence-electron chi connectivity index (χ1n) is 8.00. The molecule has 2 aromatic heterocycles. The number of nitrogens with zero attached hydrogens (tertiary/aromatic N) is 3. The third kappa shape index (κ3) is 4.90. The Balaban J connectivity index is 1.44. The van der Waals surface area contributed by atoms with Crippen LogP contribution in [0.3, 0.4) is 0 Å². The van der Waals surface area contributed by atoms with Crippen LogP contribution in [0.1, 0.15) is 10.4 Å². The smallest absolute Gasteiger partial charge is 0.252 e. The van der Waals surface area contributed by atoms with Gasteiger partial charge in [0.2, 0.25) is 0 Å². The number of benzene rings is 1. The Bertz CT molecular complexity index is 857. The molecule has 0 aliphatic rings. The van der Waals surface area contributed by atoms with Gasteiger partial charge in [0.15, 0.2) is 5.82 Å². The van der Waals surface area contributed by atoms with E-state index in [4.69, 9.17) is 11.6 Å². The van der Waals surface area contributed by atoms with Crippen LogP contribution >= 0.6 is 11.6 Å². The summed E-state index contributed by atoms with van der Waals surface area (Å²) in [4.78, 5) is 16.1. The minimum absolute atomic E-state index is 0.209. The molecule has 8 heteroatoms. The summed E-state index contributed by atoms with van der Waals surface area (Å²) >= 11 is 6.00. The lowest BCUT2D eigenvalue weighted by molar-refractivity contribution is 0.0955. The molecule has 1 aromatic carbocycles. The summed E-state index contributed by atoms with van der Waals surface area (Å²) in [7, 11) is 0. The maximum absolute atomic E-state index is 12.0. The fraction of sp³-hybridized carbons (Fsp3) is 0.111. The number of halogens is 1. The van der Waals surface area contributed by atoms with Crippen molar-refractivity contribution in [2.75, 3.05) is 23.7 Å². The third-order valence-electron chi connectivity index (χ3n) is 3.43. The van der Waals surface area contributed by atoms with Crippen LogP contribution in [-0.2, 0) is 0 Å². The summed E-state index contributed by atoms with van der Waals surface area (Å²) in [5.74, 6) is 1.03. The van der Waals surface area contributed by atoms with Crippen molar-refractivity contribution in [3.63, 3.8) is 0 Å². The summed E-state index contributed by atoms with van der Waals surface area (Å²) in [6, 6.07) is 14.3. The normalized spacial score (nSPS) is 10.2. The molecular weight excluding hydrogens is 352 g/mol. The number of anilines is 3. The van der Waals surface area contributed by atoms with Gasteiger partial charge in [-0.1, -0.05) is 23.7 Å². The van der Waals surface area contributed by atoms with Crippen LogP contribution in [-0.4, -0.2) is 34.2 Å². The van der Waals surface area contributed by atoms with Gasteiger partial charge in [-0.15, -0.1) is 10.2 Å². The van der Waals surface area contributed by atoms with E-state index in [2.05, 4.69) is 31.1 Å². The van der Waals surface area contributed by atoms with Crippen LogP contribution in [0.5, 0.6) is 0 Å². The molecule has 3 aromatic rings. The first kappa shape index (κ1) is 17.6. The molecule has 2 heterocycles. The van der Waals surface area contributed by atoms with Gasteiger partial charge in [0.05, 0.1) is 22.5 Å². The molecule has 0 aliphatic carbocycles. The van der Waals surface area contributed by atoms with Crippen molar-refractivity contribution in [3.8, 4) is 0 Å². The van der Waals surface area contributed by atoms with E-state index in [1.807, 2.05) is 24.3 Å². The summed E-state index contributed by atoms with van der Waals surface area (Å²) < 4.78 is 0. The minimum Gasteiger partial charge on any atom is -0.367 e. The molecule has 1 amide bonds. The number of nitrogens with one attached hydrogen (secondary N) is 3. The fourth-order valence-electron chi connectivity index (χ4n) is 2.18. The van der Waals surface area contributed by atoms with Crippen LogP contribution in [0, 0.1) is 0 Å². The lowest BCUT2D eigenvalue weighted by atomic mass is 10.2. The highest BCUT2D eigenvalue weighted by Gasteiger charge is 2.08. The third-order valence-corrected chi connectivity index (χ3v) is 3.76. The Morgan fingerprint density at radius 3 is 2.50 bits per heavy atom. The predicted octanol–water partition coefficient (Wildman–Crippen LogP) is 3.11. The maximum Gasteiger partial charge on any atom is 0.252 e. The highest BCUT2D eigenvalue weighted by atomic mass is 35.5. The van der Waals surface area contributed by atoms with Gasteiger partial charge in [-0.2, -0.15) is 0 Å². The number of rotatable bonds is 7. The highest BCUT2D eigenvalue weighted by molar-refractivity contribution is 6.33. The van der Waals surface area contributed by atoms with E-state index >= 15 is 0 Å². The zero-order valence-corrected chi connectivity index (χ0v) is 14.6. The average molecular weight is 369 g/mol. The Morgan fingerprint density at radius 2 is 1.77 bits per heavy atom. The van der Waals surface area contributed by atoms with Gasteiger partial charge in [-0.25, -0.2) is 0 Å². The number of hydrogen-bond donors (Lipinski definition) is 3. The Hall–Kier alpha value is -3.19. The summed E-state index contributed by atoms with van der Waals surface area (Å²) in [6.07, 6.45) is 3.41. The van der Waals surface area contributed by atoms with Crippen molar-refractivity contribution in [3.05, 3.63) is 71.5 Å². The first-order valence-corrected chi connectivity index (χ1v) is 8.37. The van der Waals surface area contributed by atoms with Gasteiger partial charge in [0, 0.05) is 19.3 Å². The van der Waals surface area contributed by atoms with E-state index in [9.17, 15) is 4.79 Å². The van der Waals surface area contributed by atoms with Gasteiger partial charge >= 0.3 is 0 Å². The zero-order chi connectivity index (χ0) is 18.2. The molecule has 3 rings (SSSR count). The van der Waals surface area contributed by atoms with Crippen LogP contribution in [0.25, 0.3) is 0 Å². The molecule has 0 saturated heterocycles. The van der Waals surface area contributed by atoms with Crippen molar-refractivity contribution in [2.24, 2.45) is 0 Å². The quantitative estimate of drug-likeness (QED) is 0.555. The lowest BCUT2D eigenvalue weighted by Gasteiger charge is -2.09. The number of amides is 1. The molecular formula is C18H17ClN6O. The Kier molecular flexibility index (Phi) is 5.95. The van der Waals surface area contributed by atoms with E-state index in [0.29, 0.717) is 35.3 Å². The van der Waals surface area contributed by atoms with E-state index < -0.39 is 0 Å². The summed E-state index contributed by atoms with van der Waals surface area (Å²) in [5.41, 5.74) is 1.30. The summed E-state index contributed by atoms with van der Waals surface area (Å²) in [5, 5.41) is 17.6. The molecule has 26 heavy (non-hydrogen) atoms. The fourth-order valence-corrected chi connectivity index (χ4v) is 2.41. The molecule has 0 radical (unpaired) electrons. The van der Waals surface area contributed by atoms with Crippen molar-refractivity contribution in [1.82, 2.24) is 20.5 Å². The Labute approximate surface area is 155 Å². The monoisotopic (exact) mass is 368 g/mol. The van der Waals surface area contributed by atoms with Gasteiger partial charge < -0.3 is 16.0 Å². The van der Waals surface area contributed by atoms with E-state index in [1.165, 1.54) is 0 Å². The average Bonchev–Trinajstić information content (AvgIpc) is 2.67. The standard InChI is InChI=1S/C18H17ClN6O/c19-15-6-2-1-5-14(15)18(26)22-11-10-21-16-7-8-17(25-24-16)23-13-4-3-9-20-12-13/h1-9,12H,10-11H2,(H,21,24)(H,22,26)(H,23,25). The molecule has 132 valence electrons. The molecule has 0 spiro atoms. The number of carbonyl (C=O) groups excluding carboxylic acids is 1. The number of aromatic nitrogens is 3. The molecule has 3 N–H and O–H groups in total. The lowest BCUT2D eigenvalue weighted by Crippen LogP contribution is -2.29.